The lowest BCUT2D eigenvalue weighted by Gasteiger charge is -2.26. The van der Waals surface area contributed by atoms with Gasteiger partial charge in [0.05, 0.1) is 0 Å². The second-order valence-corrected chi connectivity index (χ2v) is 6.95. The van der Waals surface area contributed by atoms with Crippen molar-refractivity contribution in [2.75, 3.05) is 13.2 Å². The van der Waals surface area contributed by atoms with Crippen LogP contribution < -0.4 is 5.73 Å². The van der Waals surface area contributed by atoms with Gasteiger partial charge in [-0.3, -0.25) is 0 Å². The van der Waals surface area contributed by atoms with Gasteiger partial charge < -0.3 is 10.8 Å². The van der Waals surface area contributed by atoms with Crippen LogP contribution in [0.4, 0.5) is 0 Å². The number of benzene rings is 1. The fourth-order valence-electron chi connectivity index (χ4n) is 2.71. The first-order valence-electron chi connectivity index (χ1n) is 7.75. The SMILES string of the molecule is CCC(CC(CN)CO)c1cc(C(C)(C)C)ccc1C. The van der Waals surface area contributed by atoms with Crippen LogP contribution >= 0.6 is 0 Å². The van der Waals surface area contributed by atoms with Crippen LogP contribution in [0.2, 0.25) is 0 Å². The number of aliphatic hydroxyl groups excluding tert-OH is 1. The number of rotatable bonds is 6. The summed E-state index contributed by atoms with van der Waals surface area (Å²) in [6.45, 7) is 11.9. The van der Waals surface area contributed by atoms with E-state index < -0.39 is 0 Å². The molecule has 1 aromatic rings. The van der Waals surface area contributed by atoms with Gasteiger partial charge in [0.15, 0.2) is 0 Å². The Morgan fingerprint density at radius 3 is 2.35 bits per heavy atom. The molecule has 0 aliphatic carbocycles. The lowest BCUT2D eigenvalue weighted by molar-refractivity contribution is 0.214. The molecule has 20 heavy (non-hydrogen) atoms. The highest BCUT2D eigenvalue weighted by Gasteiger charge is 2.20. The molecule has 0 spiro atoms. The highest BCUT2D eigenvalue weighted by molar-refractivity contribution is 5.36. The van der Waals surface area contributed by atoms with Crippen LogP contribution in [-0.2, 0) is 5.41 Å². The van der Waals surface area contributed by atoms with Crippen LogP contribution in [0, 0.1) is 12.8 Å². The van der Waals surface area contributed by atoms with E-state index in [0.29, 0.717) is 12.5 Å². The smallest absolute Gasteiger partial charge is 0.0471 e. The highest BCUT2D eigenvalue weighted by atomic mass is 16.3. The monoisotopic (exact) mass is 277 g/mol. The van der Waals surface area contributed by atoms with Crippen molar-refractivity contribution in [3.63, 3.8) is 0 Å². The summed E-state index contributed by atoms with van der Waals surface area (Å²) in [6.07, 6.45) is 2.06. The minimum atomic E-state index is 0.172. The first-order chi connectivity index (χ1) is 9.33. The molecule has 2 unspecified atom stereocenters. The van der Waals surface area contributed by atoms with Gasteiger partial charge in [-0.1, -0.05) is 45.9 Å². The third-order valence-corrected chi connectivity index (χ3v) is 4.29. The minimum Gasteiger partial charge on any atom is -0.396 e. The van der Waals surface area contributed by atoms with Gasteiger partial charge in [0.25, 0.3) is 0 Å². The minimum absolute atomic E-state index is 0.172. The van der Waals surface area contributed by atoms with E-state index in [9.17, 15) is 5.11 Å². The summed E-state index contributed by atoms with van der Waals surface area (Å²) >= 11 is 0. The van der Waals surface area contributed by atoms with Crippen molar-refractivity contribution in [3.8, 4) is 0 Å². The zero-order valence-electron chi connectivity index (χ0n) is 13.7. The molecule has 2 heteroatoms. The molecule has 0 aliphatic rings. The number of aryl methyl sites for hydroxylation is 1. The molecule has 0 bridgehead atoms. The lowest BCUT2D eigenvalue weighted by atomic mass is 9.80. The summed E-state index contributed by atoms with van der Waals surface area (Å²) in [7, 11) is 0. The predicted molar refractivity (Wildman–Crippen MR) is 87.2 cm³/mol. The van der Waals surface area contributed by atoms with Gasteiger partial charge in [0.2, 0.25) is 0 Å². The summed E-state index contributed by atoms with van der Waals surface area (Å²) in [4.78, 5) is 0. The first-order valence-corrected chi connectivity index (χ1v) is 7.75. The van der Waals surface area contributed by atoms with Crippen LogP contribution in [0.15, 0.2) is 18.2 Å². The molecule has 2 atom stereocenters. The topological polar surface area (TPSA) is 46.2 Å². The Kier molecular flexibility index (Phi) is 6.22. The summed E-state index contributed by atoms with van der Waals surface area (Å²) in [5.41, 5.74) is 10.1. The van der Waals surface area contributed by atoms with Crippen LogP contribution in [-0.4, -0.2) is 18.3 Å². The van der Waals surface area contributed by atoms with E-state index in [4.69, 9.17) is 5.73 Å². The van der Waals surface area contributed by atoms with Gasteiger partial charge >= 0.3 is 0 Å². The number of hydrogen-bond donors (Lipinski definition) is 2. The van der Waals surface area contributed by atoms with Crippen LogP contribution in [0.5, 0.6) is 0 Å². The summed E-state index contributed by atoms with van der Waals surface area (Å²) < 4.78 is 0. The van der Waals surface area contributed by atoms with E-state index in [0.717, 1.165) is 12.8 Å². The molecule has 1 rings (SSSR count). The van der Waals surface area contributed by atoms with E-state index in [-0.39, 0.29) is 17.9 Å². The van der Waals surface area contributed by atoms with Crippen molar-refractivity contribution in [2.24, 2.45) is 11.7 Å². The Hall–Kier alpha value is -0.860. The molecule has 2 nitrogen and oxygen atoms in total. The molecule has 0 aromatic heterocycles. The fourth-order valence-corrected chi connectivity index (χ4v) is 2.71. The highest BCUT2D eigenvalue weighted by Crippen LogP contribution is 2.33. The third kappa shape index (κ3) is 4.32. The van der Waals surface area contributed by atoms with Gasteiger partial charge in [0, 0.05) is 6.61 Å². The van der Waals surface area contributed by atoms with Crippen molar-refractivity contribution >= 4 is 0 Å². The van der Waals surface area contributed by atoms with Crippen LogP contribution in [0.3, 0.4) is 0 Å². The Bertz CT molecular complexity index is 416. The van der Waals surface area contributed by atoms with E-state index >= 15 is 0 Å². The van der Waals surface area contributed by atoms with Gasteiger partial charge in [-0.25, -0.2) is 0 Å². The van der Waals surface area contributed by atoms with Crippen LogP contribution in [0.25, 0.3) is 0 Å². The number of aliphatic hydroxyl groups is 1. The Morgan fingerprint density at radius 1 is 1.25 bits per heavy atom. The molecule has 114 valence electrons. The second-order valence-electron chi connectivity index (χ2n) is 6.95. The van der Waals surface area contributed by atoms with Crippen molar-refractivity contribution in [1.29, 1.82) is 0 Å². The molecule has 0 heterocycles. The van der Waals surface area contributed by atoms with Crippen molar-refractivity contribution in [3.05, 3.63) is 34.9 Å². The molecule has 3 N–H and O–H groups in total. The third-order valence-electron chi connectivity index (χ3n) is 4.29. The standard InChI is InChI=1S/C18H31NO/c1-6-15(9-14(11-19)12-20)17-10-16(18(3,4)5)8-7-13(17)2/h7-8,10,14-15,20H,6,9,11-12,19H2,1-5H3. The number of nitrogens with two attached hydrogens (primary N) is 1. The molecule has 0 aliphatic heterocycles. The zero-order valence-corrected chi connectivity index (χ0v) is 13.7. The predicted octanol–water partition coefficient (Wildman–Crippen LogP) is 3.74. The second kappa shape index (κ2) is 7.24. The molecule has 0 saturated carbocycles. The quantitative estimate of drug-likeness (QED) is 0.832. The maximum atomic E-state index is 9.39. The summed E-state index contributed by atoms with van der Waals surface area (Å²) in [5, 5.41) is 9.39. The molecule has 0 fully saturated rings. The average molecular weight is 277 g/mol. The first kappa shape index (κ1) is 17.2. The van der Waals surface area contributed by atoms with Gasteiger partial charge in [-0.2, -0.15) is 0 Å². The summed E-state index contributed by atoms with van der Waals surface area (Å²) in [5.74, 6) is 0.690. The van der Waals surface area contributed by atoms with E-state index in [1.54, 1.807) is 0 Å². The van der Waals surface area contributed by atoms with Crippen molar-refractivity contribution < 1.29 is 5.11 Å². The van der Waals surface area contributed by atoms with Crippen molar-refractivity contribution in [1.82, 2.24) is 0 Å². The van der Waals surface area contributed by atoms with E-state index in [1.807, 2.05) is 0 Å². The normalized spacial score (nSPS) is 15.2. The Labute approximate surface area is 124 Å². The largest absolute Gasteiger partial charge is 0.396 e. The lowest BCUT2D eigenvalue weighted by Crippen LogP contribution is -2.21. The van der Waals surface area contributed by atoms with E-state index in [1.165, 1.54) is 16.7 Å². The molecular weight excluding hydrogens is 246 g/mol. The molecule has 0 radical (unpaired) electrons. The number of hydrogen-bond acceptors (Lipinski definition) is 2. The van der Waals surface area contributed by atoms with Gasteiger partial charge in [0.1, 0.15) is 0 Å². The molecular formula is C18H31NO. The average Bonchev–Trinajstić information content (AvgIpc) is 2.40. The zero-order chi connectivity index (χ0) is 15.3. The fraction of sp³-hybridized carbons (Fsp3) is 0.667. The molecule has 0 saturated heterocycles. The Balaban J connectivity index is 3.08. The Morgan fingerprint density at radius 2 is 1.90 bits per heavy atom. The molecule has 0 amide bonds. The molecule has 1 aromatic carbocycles. The van der Waals surface area contributed by atoms with E-state index in [2.05, 4.69) is 52.8 Å². The summed E-state index contributed by atoms with van der Waals surface area (Å²) in [6, 6.07) is 6.82. The van der Waals surface area contributed by atoms with Gasteiger partial charge in [-0.15, -0.1) is 0 Å². The van der Waals surface area contributed by atoms with Crippen LogP contribution in [0.1, 0.15) is 63.1 Å². The maximum absolute atomic E-state index is 9.39. The van der Waals surface area contributed by atoms with Crippen molar-refractivity contribution in [2.45, 2.75) is 58.8 Å². The maximum Gasteiger partial charge on any atom is 0.0471 e. The van der Waals surface area contributed by atoms with Gasteiger partial charge in [-0.05, 0) is 60.3 Å².